The summed E-state index contributed by atoms with van der Waals surface area (Å²) in [7, 11) is 0. The van der Waals surface area contributed by atoms with Gasteiger partial charge in [0.1, 0.15) is 13.2 Å². The van der Waals surface area contributed by atoms with Gasteiger partial charge < -0.3 is 19.3 Å². The van der Waals surface area contributed by atoms with E-state index >= 15 is 0 Å². The van der Waals surface area contributed by atoms with E-state index < -0.39 is 6.16 Å². The minimum absolute atomic E-state index is 0.228. The monoisotopic (exact) mass is 264 g/mol. The van der Waals surface area contributed by atoms with Gasteiger partial charge in [0, 0.05) is 12.4 Å². The maximum atomic E-state index is 10.7. The summed E-state index contributed by atoms with van der Waals surface area (Å²) in [5, 5.41) is 8.59. The van der Waals surface area contributed by atoms with Crippen LogP contribution in [0.1, 0.15) is 13.3 Å². The molecular weight excluding hydrogens is 244 g/mol. The Balaban J connectivity index is 2.00. The number of hydrogen-bond donors (Lipinski definition) is 1. The van der Waals surface area contributed by atoms with Gasteiger partial charge in [0.2, 0.25) is 0 Å². The number of hydrogen-bond acceptors (Lipinski definition) is 6. The third-order valence-corrected chi connectivity index (χ3v) is 3.39. The van der Waals surface area contributed by atoms with Crippen molar-refractivity contribution in [1.29, 1.82) is 0 Å². The summed E-state index contributed by atoms with van der Waals surface area (Å²) in [5.41, 5.74) is -0.230. The van der Waals surface area contributed by atoms with Crippen molar-refractivity contribution in [3.63, 3.8) is 0 Å². The Labute approximate surface area is 106 Å². The minimum atomic E-state index is -0.595. The molecule has 0 radical (unpaired) electrons. The van der Waals surface area contributed by atoms with Gasteiger partial charge >= 0.3 is 6.16 Å². The quantitative estimate of drug-likeness (QED) is 0.526. The molecule has 0 bridgehead atoms. The highest BCUT2D eigenvalue weighted by atomic mass is 32.2. The lowest BCUT2D eigenvalue weighted by molar-refractivity contribution is -0.0848. The highest BCUT2D eigenvalue weighted by Gasteiger charge is 2.33. The largest absolute Gasteiger partial charge is 0.508 e. The van der Waals surface area contributed by atoms with E-state index in [0.29, 0.717) is 26.4 Å². The van der Waals surface area contributed by atoms with Crippen molar-refractivity contribution < 1.29 is 24.1 Å². The van der Waals surface area contributed by atoms with Crippen LogP contribution in [0.5, 0.6) is 0 Å². The molecule has 1 saturated heterocycles. The number of rotatable bonds is 8. The van der Waals surface area contributed by atoms with Gasteiger partial charge in [0.25, 0.3) is 0 Å². The van der Waals surface area contributed by atoms with E-state index in [1.165, 1.54) is 0 Å². The maximum absolute atomic E-state index is 10.7. The zero-order chi connectivity index (χ0) is 12.6. The van der Waals surface area contributed by atoms with E-state index in [2.05, 4.69) is 0 Å². The van der Waals surface area contributed by atoms with Gasteiger partial charge in [-0.3, -0.25) is 0 Å². The van der Waals surface area contributed by atoms with E-state index in [1.807, 2.05) is 6.92 Å². The maximum Gasteiger partial charge on any atom is 0.508 e. The normalized spacial score (nSPS) is 18.6. The molecule has 6 heteroatoms. The Hall–Kier alpha value is -0.460. The van der Waals surface area contributed by atoms with Crippen LogP contribution in [0.25, 0.3) is 0 Å². The van der Waals surface area contributed by atoms with Gasteiger partial charge in [0.15, 0.2) is 0 Å². The van der Waals surface area contributed by atoms with Crippen LogP contribution in [-0.4, -0.2) is 55.8 Å². The van der Waals surface area contributed by atoms with E-state index in [4.69, 9.17) is 19.3 Å². The number of carbonyl (C=O) groups excluding carboxylic acids is 1. The highest BCUT2D eigenvalue weighted by molar-refractivity contribution is 7.99. The molecular formula is C11H20O5S. The first-order valence-corrected chi connectivity index (χ1v) is 6.88. The van der Waals surface area contributed by atoms with Crippen molar-refractivity contribution in [3.8, 4) is 0 Å². The molecule has 17 heavy (non-hydrogen) atoms. The second-order valence-electron chi connectivity index (χ2n) is 4.38. The number of aliphatic hydroxyl groups excluding tert-OH is 1. The minimum Gasteiger partial charge on any atom is -0.433 e. The molecule has 0 aromatic carbocycles. The smallest absolute Gasteiger partial charge is 0.433 e. The first kappa shape index (κ1) is 14.6. The van der Waals surface area contributed by atoms with Crippen molar-refractivity contribution in [2.45, 2.75) is 13.3 Å². The lowest BCUT2D eigenvalue weighted by Crippen LogP contribution is -2.40. The summed E-state index contributed by atoms with van der Waals surface area (Å²) in [6, 6.07) is 0. The van der Waals surface area contributed by atoms with Crippen molar-refractivity contribution in [3.05, 3.63) is 0 Å². The summed E-state index contributed by atoms with van der Waals surface area (Å²) >= 11 is 1.71. The van der Waals surface area contributed by atoms with Crippen LogP contribution in [0.4, 0.5) is 4.79 Å². The predicted molar refractivity (Wildman–Crippen MR) is 65.3 cm³/mol. The van der Waals surface area contributed by atoms with Crippen LogP contribution in [0.3, 0.4) is 0 Å². The molecule has 0 aromatic rings. The zero-order valence-corrected chi connectivity index (χ0v) is 11.0. The fourth-order valence-electron chi connectivity index (χ4n) is 1.38. The second-order valence-corrected chi connectivity index (χ2v) is 5.60. The highest BCUT2D eigenvalue weighted by Crippen LogP contribution is 2.22. The number of ether oxygens (including phenoxy) is 3. The molecule has 0 aliphatic carbocycles. The molecule has 0 aromatic heterocycles. The first-order chi connectivity index (χ1) is 8.16. The Kier molecular flexibility index (Phi) is 6.69. The summed E-state index contributed by atoms with van der Waals surface area (Å²) < 4.78 is 15.2. The van der Waals surface area contributed by atoms with Crippen LogP contribution in [0.15, 0.2) is 0 Å². The van der Waals surface area contributed by atoms with Crippen LogP contribution in [0.2, 0.25) is 0 Å². The van der Waals surface area contributed by atoms with Crippen molar-refractivity contribution in [1.82, 2.24) is 0 Å². The topological polar surface area (TPSA) is 65.0 Å². The molecule has 100 valence electrons. The summed E-state index contributed by atoms with van der Waals surface area (Å²) in [4.78, 5) is 10.7. The van der Waals surface area contributed by atoms with E-state index in [0.717, 1.165) is 17.9 Å². The Morgan fingerprint density at radius 3 is 2.76 bits per heavy atom. The van der Waals surface area contributed by atoms with Gasteiger partial charge in [-0.1, -0.05) is 6.92 Å². The van der Waals surface area contributed by atoms with Crippen LogP contribution in [0, 0.1) is 5.41 Å². The van der Waals surface area contributed by atoms with Crippen LogP contribution < -0.4 is 0 Å². The molecule has 5 nitrogen and oxygen atoms in total. The third kappa shape index (κ3) is 6.14. The summed E-state index contributed by atoms with van der Waals surface area (Å²) in [6.45, 7) is 4.12. The van der Waals surface area contributed by atoms with Crippen molar-refractivity contribution in [2.75, 3.05) is 44.5 Å². The lowest BCUT2D eigenvalue weighted by atomic mass is 9.94. The van der Waals surface area contributed by atoms with Crippen LogP contribution in [-0.2, 0) is 14.2 Å². The fraction of sp³-hybridized carbons (Fsp3) is 0.909. The predicted octanol–water partition coefficient (Wildman–Crippen LogP) is 1.29. The number of carbonyl (C=O) groups is 1. The molecule has 0 saturated carbocycles. The molecule has 1 aliphatic rings. The van der Waals surface area contributed by atoms with Gasteiger partial charge in [-0.25, -0.2) is 4.79 Å². The third-order valence-electron chi connectivity index (χ3n) is 2.34. The molecule has 0 amide bonds. The second kappa shape index (κ2) is 7.79. The Morgan fingerprint density at radius 2 is 2.12 bits per heavy atom. The summed E-state index contributed by atoms with van der Waals surface area (Å²) in [6.07, 6.45) is 0.365. The molecule has 0 atom stereocenters. The zero-order valence-electron chi connectivity index (χ0n) is 10.1. The molecule has 1 fully saturated rings. The standard InChI is InChI=1S/C11H20O5S/c1-11(8-15-10(13)16-9-11)7-14-4-2-5-17-6-3-12/h12H,2-9H2,1H3. The van der Waals surface area contributed by atoms with Gasteiger partial charge in [-0.05, 0) is 12.2 Å². The van der Waals surface area contributed by atoms with Gasteiger partial charge in [0.05, 0.1) is 18.6 Å². The van der Waals surface area contributed by atoms with Gasteiger partial charge in [-0.15, -0.1) is 0 Å². The SMILES string of the molecule is CC1(COCCCSCCO)COC(=O)OC1. The van der Waals surface area contributed by atoms with Gasteiger partial charge in [-0.2, -0.15) is 11.8 Å². The number of cyclic esters (lactones) is 2. The average molecular weight is 264 g/mol. The molecule has 1 aliphatic heterocycles. The number of aliphatic hydroxyl groups is 1. The molecule has 1 rings (SSSR count). The molecule has 1 N–H and O–H groups in total. The van der Waals surface area contributed by atoms with E-state index in [1.54, 1.807) is 11.8 Å². The number of thioether (sulfide) groups is 1. The molecule has 0 spiro atoms. The van der Waals surface area contributed by atoms with E-state index in [-0.39, 0.29) is 12.0 Å². The van der Waals surface area contributed by atoms with Crippen molar-refractivity contribution in [2.24, 2.45) is 5.41 Å². The molecule has 0 unspecified atom stereocenters. The lowest BCUT2D eigenvalue weighted by Gasteiger charge is -2.31. The Morgan fingerprint density at radius 1 is 1.41 bits per heavy atom. The first-order valence-electron chi connectivity index (χ1n) is 5.72. The molecule has 1 heterocycles. The average Bonchev–Trinajstić information content (AvgIpc) is 2.32. The summed E-state index contributed by atoms with van der Waals surface area (Å²) in [5.74, 6) is 1.77. The van der Waals surface area contributed by atoms with E-state index in [9.17, 15) is 4.79 Å². The van der Waals surface area contributed by atoms with Crippen molar-refractivity contribution >= 4 is 17.9 Å². The van der Waals surface area contributed by atoms with Crippen LogP contribution >= 0.6 is 11.8 Å². The Bertz CT molecular complexity index is 224. The fourth-order valence-corrected chi connectivity index (χ4v) is 2.04.